The number of aromatic nitrogens is 1. The SMILES string of the molecule is CC(=O)NCCNc1ccc(N)cn1. The lowest BCUT2D eigenvalue weighted by Crippen LogP contribution is -2.26. The Labute approximate surface area is 82.7 Å². The van der Waals surface area contributed by atoms with Crippen LogP contribution in [0.2, 0.25) is 0 Å². The lowest BCUT2D eigenvalue weighted by molar-refractivity contribution is -0.118. The van der Waals surface area contributed by atoms with Crippen molar-refractivity contribution < 1.29 is 4.79 Å². The van der Waals surface area contributed by atoms with Gasteiger partial charge in [-0.1, -0.05) is 0 Å². The van der Waals surface area contributed by atoms with Gasteiger partial charge in [0.25, 0.3) is 0 Å². The van der Waals surface area contributed by atoms with Crippen molar-refractivity contribution in [2.45, 2.75) is 6.92 Å². The van der Waals surface area contributed by atoms with Crippen LogP contribution in [0.1, 0.15) is 6.92 Å². The standard InChI is InChI=1S/C9H14N4O/c1-7(14)11-4-5-12-9-3-2-8(10)6-13-9/h2-3,6H,4-5,10H2,1H3,(H,11,14)(H,12,13). The highest BCUT2D eigenvalue weighted by Gasteiger charge is 1.93. The number of carbonyl (C=O) groups excluding carboxylic acids is 1. The molecule has 1 rings (SSSR count). The quantitative estimate of drug-likeness (QED) is 0.599. The second-order valence-electron chi connectivity index (χ2n) is 2.89. The van der Waals surface area contributed by atoms with Gasteiger partial charge < -0.3 is 16.4 Å². The van der Waals surface area contributed by atoms with E-state index in [0.29, 0.717) is 18.8 Å². The van der Waals surface area contributed by atoms with Crippen molar-refractivity contribution in [2.24, 2.45) is 0 Å². The van der Waals surface area contributed by atoms with E-state index in [1.165, 1.54) is 6.92 Å². The summed E-state index contributed by atoms with van der Waals surface area (Å²) in [5.41, 5.74) is 6.11. The van der Waals surface area contributed by atoms with Crippen LogP contribution in [0, 0.1) is 0 Å². The molecule has 0 bridgehead atoms. The predicted octanol–water partition coefficient (Wildman–Crippen LogP) is 0.212. The van der Waals surface area contributed by atoms with E-state index in [1.807, 2.05) is 0 Å². The molecule has 1 heterocycles. The summed E-state index contributed by atoms with van der Waals surface area (Å²) in [5.74, 6) is 0.724. The van der Waals surface area contributed by atoms with Crippen LogP contribution in [0.4, 0.5) is 11.5 Å². The topological polar surface area (TPSA) is 80.0 Å². The summed E-state index contributed by atoms with van der Waals surface area (Å²) in [4.78, 5) is 14.6. The Hall–Kier alpha value is -1.78. The normalized spacial score (nSPS) is 9.50. The van der Waals surface area contributed by atoms with E-state index in [1.54, 1.807) is 18.3 Å². The molecule has 76 valence electrons. The predicted molar refractivity (Wildman–Crippen MR) is 55.8 cm³/mol. The number of pyridine rings is 1. The van der Waals surface area contributed by atoms with Gasteiger partial charge in [-0.05, 0) is 12.1 Å². The van der Waals surface area contributed by atoms with Crippen LogP contribution >= 0.6 is 0 Å². The summed E-state index contributed by atoms with van der Waals surface area (Å²) in [6, 6.07) is 3.57. The van der Waals surface area contributed by atoms with E-state index >= 15 is 0 Å². The molecule has 4 N–H and O–H groups in total. The fraction of sp³-hybridized carbons (Fsp3) is 0.333. The third-order valence-corrected chi connectivity index (χ3v) is 1.59. The molecular weight excluding hydrogens is 180 g/mol. The van der Waals surface area contributed by atoms with E-state index in [2.05, 4.69) is 15.6 Å². The van der Waals surface area contributed by atoms with Crippen LogP contribution in [0.5, 0.6) is 0 Å². The number of hydrogen-bond acceptors (Lipinski definition) is 4. The minimum absolute atomic E-state index is 0.0305. The Morgan fingerprint density at radius 2 is 2.29 bits per heavy atom. The van der Waals surface area contributed by atoms with Crippen LogP contribution in [-0.2, 0) is 4.79 Å². The van der Waals surface area contributed by atoms with Gasteiger partial charge >= 0.3 is 0 Å². The molecular formula is C9H14N4O. The molecule has 1 amide bonds. The molecule has 0 radical (unpaired) electrons. The average Bonchev–Trinajstić information content (AvgIpc) is 2.15. The maximum absolute atomic E-state index is 10.5. The van der Waals surface area contributed by atoms with Crippen molar-refractivity contribution in [2.75, 3.05) is 24.1 Å². The Bertz CT molecular complexity index is 296. The number of anilines is 2. The molecule has 0 unspecified atom stereocenters. The van der Waals surface area contributed by atoms with Gasteiger partial charge in [0.2, 0.25) is 5.91 Å². The zero-order valence-electron chi connectivity index (χ0n) is 8.08. The van der Waals surface area contributed by atoms with Gasteiger partial charge in [0.15, 0.2) is 0 Å². The van der Waals surface area contributed by atoms with Gasteiger partial charge in [-0.2, -0.15) is 0 Å². The molecule has 0 spiro atoms. The number of nitrogens with zero attached hydrogens (tertiary/aromatic N) is 1. The fourth-order valence-corrected chi connectivity index (χ4v) is 0.939. The summed E-state index contributed by atoms with van der Waals surface area (Å²) in [6.45, 7) is 2.72. The molecule has 1 aromatic rings. The average molecular weight is 194 g/mol. The lowest BCUT2D eigenvalue weighted by atomic mass is 10.4. The summed E-state index contributed by atoms with van der Waals surface area (Å²) >= 11 is 0. The van der Waals surface area contributed by atoms with E-state index in [-0.39, 0.29) is 5.91 Å². The minimum atomic E-state index is -0.0305. The van der Waals surface area contributed by atoms with Crippen LogP contribution in [0.15, 0.2) is 18.3 Å². The van der Waals surface area contributed by atoms with Crippen molar-refractivity contribution in [3.8, 4) is 0 Å². The molecule has 5 heteroatoms. The molecule has 0 aliphatic carbocycles. The Morgan fingerprint density at radius 1 is 1.50 bits per heavy atom. The molecule has 0 aliphatic heterocycles. The Kier molecular flexibility index (Phi) is 3.72. The van der Waals surface area contributed by atoms with Crippen LogP contribution < -0.4 is 16.4 Å². The zero-order valence-corrected chi connectivity index (χ0v) is 8.08. The monoisotopic (exact) mass is 194 g/mol. The number of nitrogens with two attached hydrogens (primary N) is 1. The van der Waals surface area contributed by atoms with Gasteiger partial charge in [-0.25, -0.2) is 4.98 Å². The van der Waals surface area contributed by atoms with Gasteiger partial charge in [0.05, 0.1) is 11.9 Å². The molecule has 0 fully saturated rings. The van der Waals surface area contributed by atoms with Crippen molar-refractivity contribution in [1.29, 1.82) is 0 Å². The van der Waals surface area contributed by atoms with Crippen molar-refractivity contribution in [3.63, 3.8) is 0 Å². The molecule has 0 saturated carbocycles. The van der Waals surface area contributed by atoms with Crippen LogP contribution in [-0.4, -0.2) is 24.0 Å². The van der Waals surface area contributed by atoms with E-state index < -0.39 is 0 Å². The number of nitrogens with one attached hydrogen (secondary N) is 2. The molecule has 5 nitrogen and oxygen atoms in total. The van der Waals surface area contributed by atoms with Crippen molar-refractivity contribution >= 4 is 17.4 Å². The third-order valence-electron chi connectivity index (χ3n) is 1.59. The minimum Gasteiger partial charge on any atom is -0.397 e. The zero-order chi connectivity index (χ0) is 10.4. The maximum atomic E-state index is 10.5. The van der Waals surface area contributed by atoms with Crippen LogP contribution in [0.25, 0.3) is 0 Å². The van der Waals surface area contributed by atoms with Crippen molar-refractivity contribution in [3.05, 3.63) is 18.3 Å². The second-order valence-corrected chi connectivity index (χ2v) is 2.89. The molecule has 14 heavy (non-hydrogen) atoms. The molecule has 0 atom stereocenters. The van der Waals surface area contributed by atoms with Gasteiger partial charge in [0, 0.05) is 20.0 Å². The number of carbonyl (C=O) groups is 1. The smallest absolute Gasteiger partial charge is 0.216 e. The first kappa shape index (κ1) is 10.3. The van der Waals surface area contributed by atoms with Crippen LogP contribution in [0.3, 0.4) is 0 Å². The van der Waals surface area contributed by atoms with Gasteiger partial charge in [-0.15, -0.1) is 0 Å². The molecule has 0 aliphatic rings. The summed E-state index contributed by atoms with van der Waals surface area (Å²) < 4.78 is 0. The highest BCUT2D eigenvalue weighted by atomic mass is 16.1. The van der Waals surface area contributed by atoms with E-state index in [9.17, 15) is 4.79 Å². The Balaban J connectivity index is 2.25. The highest BCUT2D eigenvalue weighted by molar-refractivity contribution is 5.72. The van der Waals surface area contributed by atoms with Crippen molar-refractivity contribution in [1.82, 2.24) is 10.3 Å². The number of rotatable bonds is 4. The molecule has 1 aromatic heterocycles. The highest BCUT2D eigenvalue weighted by Crippen LogP contribution is 2.04. The van der Waals surface area contributed by atoms with Gasteiger partial charge in [0.1, 0.15) is 5.82 Å². The summed E-state index contributed by atoms with van der Waals surface area (Å²) in [7, 11) is 0. The first-order valence-corrected chi connectivity index (χ1v) is 4.38. The van der Waals surface area contributed by atoms with E-state index in [4.69, 9.17) is 5.73 Å². The summed E-state index contributed by atoms with van der Waals surface area (Å²) in [5, 5.41) is 5.72. The molecule has 0 aromatic carbocycles. The third kappa shape index (κ3) is 3.75. The number of nitrogen functional groups attached to an aromatic ring is 1. The van der Waals surface area contributed by atoms with Gasteiger partial charge in [-0.3, -0.25) is 4.79 Å². The first-order valence-electron chi connectivity index (χ1n) is 4.38. The molecule has 0 saturated heterocycles. The maximum Gasteiger partial charge on any atom is 0.216 e. The first-order chi connectivity index (χ1) is 6.68. The van der Waals surface area contributed by atoms with E-state index in [0.717, 1.165) is 5.82 Å². The lowest BCUT2D eigenvalue weighted by Gasteiger charge is -2.05. The number of hydrogen-bond donors (Lipinski definition) is 3. The number of amides is 1. The largest absolute Gasteiger partial charge is 0.397 e. The fourth-order valence-electron chi connectivity index (χ4n) is 0.939. The summed E-state index contributed by atoms with van der Waals surface area (Å²) in [6.07, 6.45) is 1.58. The Morgan fingerprint density at radius 3 is 2.86 bits per heavy atom. The second kappa shape index (κ2) is 5.06.